The standard InChI is InChI=1S/C11H18N2/c1-6-11(4,5)7-10-8(2)12-13-9(10)3/h6H,1,7H2,2-5H3,(H,12,13). The molecular formula is C11H18N2. The van der Waals surface area contributed by atoms with Crippen LogP contribution in [-0.4, -0.2) is 10.2 Å². The Hall–Kier alpha value is -1.05. The molecule has 1 rings (SSSR count). The van der Waals surface area contributed by atoms with Crippen molar-refractivity contribution in [1.82, 2.24) is 10.2 Å². The molecule has 0 atom stereocenters. The van der Waals surface area contributed by atoms with Crippen LogP contribution in [0.5, 0.6) is 0 Å². The highest BCUT2D eigenvalue weighted by Crippen LogP contribution is 2.25. The summed E-state index contributed by atoms with van der Waals surface area (Å²) in [7, 11) is 0. The molecule has 0 fully saturated rings. The molecule has 0 amide bonds. The highest BCUT2D eigenvalue weighted by molar-refractivity contribution is 5.25. The van der Waals surface area contributed by atoms with Gasteiger partial charge in [0.1, 0.15) is 0 Å². The molecule has 0 aromatic carbocycles. The van der Waals surface area contributed by atoms with Crippen LogP contribution >= 0.6 is 0 Å². The maximum Gasteiger partial charge on any atom is 0.0626 e. The van der Waals surface area contributed by atoms with Gasteiger partial charge < -0.3 is 0 Å². The van der Waals surface area contributed by atoms with Gasteiger partial charge in [0.25, 0.3) is 0 Å². The van der Waals surface area contributed by atoms with Crippen molar-refractivity contribution in [3.05, 3.63) is 29.6 Å². The van der Waals surface area contributed by atoms with E-state index in [9.17, 15) is 0 Å². The summed E-state index contributed by atoms with van der Waals surface area (Å²) in [6, 6.07) is 0. The highest BCUT2D eigenvalue weighted by Gasteiger charge is 2.17. The van der Waals surface area contributed by atoms with Gasteiger partial charge in [0, 0.05) is 5.69 Å². The van der Waals surface area contributed by atoms with Gasteiger partial charge in [-0.2, -0.15) is 5.10 Å². The zero-order valence-corrected chi connectivity index (χ0v) is 8.94. The fourth-order valence-electron chi connectivity index (χ4n) is 1.36. The molecule has 0 aliphatic heterocycles. The monoisotopic (exact) mass is 178 g/mol. The summed E-state index contributed by atoms with van der Waals surface area (Å²) in [5.74, 6) is 0. The third-order valence-electron chi connectivity index (χ3n) is 2.47. The first-order valence-electron chi connectivity index (χ1n) is 4.60. The van der Waals surface area contributed by atoms with E-state index in [2.05, 4.69) is 37.5 Å². The van der Waals surface area contributed by atoms with Crippen LogP contribution in [0.3, 0.4) is 0 Å². The van der Waals surface area contributed by atoms with Gasteiger partial charge in [0.2, 0.25) is 0 Å². The van der Waals surface area contributed by atoms with Gasteiger partial charge in [-0.3, -0.25) is 5.10 Å². The van der Waals surface area contributed by atoms with Crippen molar-refractivity contribution in [3.8, 4) is 0 Å². The number of hydrogen-bond acceptors (Lipinski definition) is 1. The predicted octanol–water partition coefficient (Wildman–Crippen LogP) is 2.78. The van der Waals surface area contributed by atoms with E-state index in [1.165, 1.54) is 11.3 Å². The molecule has 0 spiro atoms. The number of hydrogen-bond donors (Lipinski definition) is 1. The Bertz CT molecular complexity index is 288. The van der Waals surface area contributed by atoms with Crippen molar-refractivity contribution in [2.24, 2.45) is 5.41 Å². The molecule has 1 N–H and O–H groups in total. The van der Waals surface area contributed by atoms with Crippen LogP contribution in [0.1, 0.15) is 30.8 Å². The molecule has 72 valence electrons. The summed E-state index contributed by atoms with van der Waals surface area (Å²) >= 11 is 0. The second-order valence-corrected chi connectivity index (χ2v) is 4.28. The van der Waals surface area contributed by atoms with Gasteiger partial charge in [-0.25, -0.2) is 0 Å². The summed E-state index contributed by atoms with van der Waals surface area (Å²) in [4.78, 5) is 0. The Balaban J connectivity index is 2.91. The lowest BCUT2D eigenvalue weighted by molar-refractivity contribution is 0.477. The number of aromatic amines is 1. The van der Waals surface area contributed by atoms with Gasteiger partial charge in [0.05, 0.1) is 5.69 Å². The zero-order chi connectivity index (χ0) is 10.1. The van der Waals surface area contributed by atoms with E-state index in [1.54, 1.807) is 0 Å². The third kappa shape index (κ3) is 2.20. The molecule has 0 aliphatic rings. The topological polar surface area (TPSA) is 28.7 Å². The van der Waals surface area contributed by atoms with Crippen LogP contribution in [0, 0.1) is 19.3 Å². The number of nitrogens with zero attached hydrogens (tertiary/aromatic N) is 1. The molecule has 0 unspecified atom stereocenters. The smallest absolute Gasteiger partial charge is 0.0626 e. The molecule has 1 heterocycles. The van der Waals surface area contributed by atoms with Crippen molar-refractivity contribution in [1.29, 1.82) is 0 Å². The number of aromatic nitrogens is 2. The van der Waals surface area contributed by atoms with Gasteiger partial charge >= 0.3 is 0 Å². The summed E-state index contributed by atoms with van der Waals surface area (Å²) < 4.78 is 0. The lowest BCUT2D eigenvalue weighted by Crippen LogP contribution is -2.11. The van der Waals surface area contributed by atoms with Crippen LogP contribution in [0.2, 0.25) is 0 Å². The van der Waals surface area contributed by atoms with Crippen LogP contribution in [0.25, 0.3) is 0 Å². The molecule has 0 aliphatic carbocycles. The van der Waals surface area contributed by atoms with Crippen LogP contribution in [-0.2, 0) is 6.42 Å². The Morgan fingerprint density at radius 2 is 2.08 bits per heavy atom. The largest absolute Gasteiger partial charge is 0.282 e. The first-order valence-corrected chi connectivity index (χ1v) is 4.60. The van der Waals surface area contributed by atoms with Gasteiger partial charge in [-0.05, 0) is 31.2 Å². The Kier molecular flexibility index (Phi) is 2.60. The Morgan fingerprint density at radius 1 is 1.46 bits per heavy atom. The number of rotatable bonds is 3. The van der Waals surface area contributed by atoms with E-state index >= 15 is 0 Å². The van der Waals surface area contributed by atoms with Crippen molar-refractivity contribution in [3.63, 3.8) is 0 Å². The second kappa shape index (κ2) is 3.36. The summed E-state index contributed by atoms with van der Waals surface area (Å²) in [5.41, 5.74) is 3.75. The van der Waals surface area contributed by atoms with E-state index in [1.807, 2.05) is 13.0 Å². The van der Waals surface area contributed by atoms with Crippen LogP contribution in [0.15, 0.2) is 12.7 Å². The molecule has 0 saturated carbocycles. The quantitative estimate of drug-likeness (QED) is 0.708. The molecule has 1 aromatic rings. The summed E-state index contributed by atoms with van der Waals surface area (Å²) in [6.07, 6.45) is 3.00. The van der Waals surface area contributed by atoms with Crippen LogP contribution in [0.4, 0.5) is 0 Å². The van der Waals surface area contributed by atoms with E-state index in [-0.39, 0.29) is 5.41 Å². The molecular weight excluding hydrogens is 160 g/mol. The minimum atomic E-state index is 0.152. The first kappa shape index (κ1) is 10.0. The minimum absolute atomic E-state index is 0.152. The fourth-order valence-corrected chi connectivity index (χ4v) is 1.36. The molecule has 2 heteroatoms. The molecule has 0 radical (unpaired) electrons. The SMILES string of the molecule is C=CC(C)(C)Cc1c(C)n[nH]c1C. The van der Waals surface area contributed by atoms with Crippen molar-refractivity contribution in [2.45, 2.75) is 34.1 Å². The van der Waals surface area contributed by atoms with Crippen LogP contribution < -0.4 is 0 Å². The molecule has 0 bridgehead atoms. The van der Waals surface area contributed by atoms with E-state index in [0.29, 0.717) is 0 Å². The molecule has 2 nitrogen and oxygen atoms in total. The van der Waals surface area contributed by atoms with Gasteiger partial charge in [0.15, 0.2) is 0 Å². The predicted molar refractivity (Wildman–Crippen MR) is 55.7 cm³/mol. The molecule has 0 saturated heterocycles. The fraction of sp³-hybridized carbons (Fsp3) is 0.545. The van der Waals surface area contributed by atoms with E-state index < -0.39 is 0 Å². The maximum atomic E-state index is 4.18. The molecule has 13 heavy (non-hydrogen) atoms. The first-order chi connectivity index (χ1) is 5.96. The lowest BCUT2D eigenvalue weighted by atomic mass is 9.85. The Labute approximate surface area is 80.1 Å². The van der Waals surface area contributed by atoms with Crippen molar-refractivity contribution < 1.29 is 0 Å². The van der Waals surface area contributed by atoms with Gasteiger partial charge in [-0.1, -0.05) is 19.9 Å². The average Bonchev–Trinajstić information content (AvgIpc) is 2.36. The number of allylic oxidation sites excluding steroid dienone is 1. The number of aryl methyl sites for hydroxylation is 2. The van der Waals surface area contributed by atoms with Crippen molar-refractivity contribution in [2.75, 3.05) is 0 Å². The molecule has 1 aromatic heterocycles. The van der Waals surface area contributed by atoms with Gasteiger partial charge in [-0.15, -0.1) is 6.58 Å². The van der Waals surface area contributed by atoms with Crippen molar-refractivity contribution >= 4 is 0 Å². The average molecular weight is 178 g/mol. The minimum Gasteiger partial charge on any atom is -0.282 e. The maximum absolute atomic E-state index is 4.18. The number of nitrogens with one attached hydrogen (secondary N) is 1. The summed E-state index contributed by atoms with van der Waals surface area (Å²) in [6.45, 7) is 12.3. The van der Waals surface area contributed by atoms with E-state index in [4.69, 9.17) is 0 Å². The second-order valence-electron chi connectivity index (χ2n) is 4.28. The lowest BCUT2D eigenvalue weighted by Gasteiger charge is -2.19. The van der Waals surface area contributed by atoms with E-state index in [0.717, 1.165) is 12.1 Å². The third-order valence-corrected chi connectivity index (χ3v) is 2.47. The summed E-state index contributed by atoms with van der Waals surface area (Å²) in [5, 5.41) is 7.17. The normalized spacial score (nSPS) is 11.7. The highest BCUT2D eigenvalue weighted by atomic mass is 15.1. The number of H-pyrrole nitrogens is 1. The zero-order valence-electron chi connectivity index (χ0n) is 8.94. The Morgan fingerprint density at radius 3 is 2.46 bits per heavy atom.